The van der Waals surface area contributed by atoms with E-state index in [4.69, 9.17) is 10.5 Å². The van der Waals surface area contributed by atoms with Crippen LogP contribution >= 0.6 is 12.4 Å². The summed E-state index contributed by atoms with van der Waals surface area (Å²) in [6.45, 7) is 2.88. The number of halogens is 1. The molecule has 2 rings (SSSR count). The van der Waals surface area contributed by atoms with Gasteiger partial charge in [-0.15, -0.1) is 12.4 Å². The zero-order valence-electron chi connectivity index (χ0n) is 14.5. The monoisotopic (exact) mass is 384 g/mol. The fourth-order valence-electron chi connectivity index (χ4n) is 2.48. The first-order valence-corrected chi connectivity index (χ1v) is 8.34. The summed E-state index contributed by atoms with van der Waals surface area (Å²) in [6, 6.07) is 6.72. The number of rotatable bonds is 7. The molecule has 8 nitrogen and oxygen atoms in total. The van der Waals surface area contributed by atoms with Gasteiger partial charge in [-0.3, -0.25) is 14.4 Å². The highest BCUT2D eigenvalue weighted by Crippen LogP contribution is 2.15. The van der Waals surface area contributed by atoms with Crippen LogP contribution in [0.1, 0.15) is 23.2 Å². The van der Waals surface area contributed by atoms with E-state index >= 15 is 0 Å². The van der Waals surface area contributed by atoms with E-state index in [9.17, 15) is 14.4 Å². The van der Waals surface area contributed by atoms with Gasteiger partial charge in [-0.05, 0) is 12.1 Å². The van der Waals surface area contributed by atoms with Gasteiger partial charge in [-0.2, -0.15) is 0 Å². The quantitative estimate of drug-likeness (QED) is 0.628. The number of nitrogens with one attached hydrogen (secondary N) is 2. The highest BCUT2D eigenvalue weighted by atomic mass is 35.5. The first-order chi connectivity index (χ1) is 12.1. The normalized spacial score (nSPS) is 13.5. The molecule has 26 heavy (non-hydrogen) atoms. The molecule has 144 valence electrons. The number of para-hydroxylation sites is 1. The lowest BCUT2D eigenvalue weighted by atomic mass is 10.1. The van der Waals surface area contributed by atoms with E-state index in [1.807, 2.05) is 0 Å². The number of amides is 3. The van der Waals surface area contributed by atoms with Crippen molar-refractivity contribution in [1.82, 2.24) is 10.2 Å². The topological polar surface area (TPSA) is 114 Å². The molecule has 1 heterocycles. The van der Waals surface area contributed by atoms with Crippen molar-refractivity contribution in [2.24, 2.45) is 5.73 Å². The lowest BCUT2D eigenvalue weighted by Gasteiger charge is -2.26. The molecule has 4 N–H and O–H groups in total. The van der Waals surface area contributed by atoms with Crippen molar-refractivity contribution < 1.29 is 19.1 Å². The average Bonchev–Trinajstić information content (AvgIpc) is 2.65. The Hall–Kier alpha value is -2.16. The number of benzene rings is 1. The summed E-state index contributed by atoms with van der Waals surface area (Å²) in [7, 11) is 0. The van der Waals surface area contributed by atoms with Crippen LogP contribution in [0.4, 0.5) is 5.69 Å². The fraction of sp³-hybridized carbons (Fsp3) is 0.471. The third-order valence-electron chi connectivity index (χ3n) is 3.81. The van der Waals surface area contributed by atoms with Crippen LogP contribution < -0.4 is 16.4 Å². The van der Waals surface area contributed by atoms with Crippen molar-refractivity contribution in [2.75, 3.05) is 44.7 Å². The molecule has 0 saturated carbocycles. The molecule has 3 amide bonds. The third-order valence-corrected chi connectivity index (χ3v) is 3.81. The van der Waals surface area contributed by atoms with Crippen molar-refractivity contribution in [3.63, 3.8) is 0 Å². The Morgan fingerprint density at radius 2 is 1.81 bits per heavy atom. The van der Waals surface area contributed by atoms with Gasteiger partial charge in [-0.1, -0.05) is 12.1 Å². The lowest BCUT2D eigenvalue weighted by Crippen LogP contribution is -2.40. The Bertz CT molecular complexity index is 621. The number of morpholine rings is 1. The number of ether oxygens (including phenoxy) is 1. The molecular weight excluding hydrogens is 360 g/mol. The van der Waals surface area contributed by atoms with Gasteiger partial charge in [0.25, 0.3) is 5.91 Å². The molecule has 1 aliphatic rings. The van der Waals surface area contributed by atoms with Crippen LogP contribution in [0.25, 0.3) is 0 Å². The highest BCUT2D eigenvalue weighted by molar-refractivity contribution is 6.04. The summed E-state index contributed by atoms with van der Waals surface area (Å²) in [5.41, 5.74) is 6.16. The van der Waals surface area contributed by atoms with E-state index in [1.54, 1.807) is 29.2 Å². The zero-order chi connectivity index (χ0) is 18.1. The molecule has 0 aromatic heterocycles. The predicted molar refractivity (Wildman–Crippen MR) is 100 cm³/mol. The molecule has 1 aromatic carbocycles. The molecule has 0 atom stereocenters. The Labute approximate surface area is 158 Å². The van der Waals surface area contributed by atoms with E-state index < -0.39 is 0 Å². The molecule has 0 unspecified atom stereocenters. The Balaban J connectivity index is 0.00000338. The maximum absolute atomic E-state index is 12.1. The van der Waals surface area contributed by atoms with Crippen LogP contribution in [0.5, 0.6) is 0 Å². The Morgan fingerprint density at radius 1 is 1.12 bits per heavy atom. The predicted octanol–water partition coefficient (Wildman–Crippen LogP) is 0.374. The van der Waals surface area contributed by atoms with Crippen LogP contribution in [0.3, 0.4) is 0 Å². The first-order valence-electron chi connectivity index (χ1n) is 8.34. The number of carbonyl (C=O) groups is 3. The van der Waals surface area contributed by atoms with Gasteiger partial charge in [0.05, 0.1) is 24.5 Å². The van der Waals surface area contributed by atoms with Crippen LogP contribution in [-0.4, -0.2) is 62.0 Å². The Kier molecular flexibility index (Phi) is 9.64. The van der Waals surface area contributed by atoms with Crippen LogP contribution in [0, 0.1) is 0 Å². The average molecular weight is 385 g/mol. The molecule has 1 aromatic rings. The second-order valence-corrected chi connectivity index (χ2v) is 5.63. The van der Waals surface area contributed by atoms with Crippen molar-refractivity contribution in [3.8, 4) is 0 Å². The summed E-state index contributed by atoms with van der Waals surface area (Å²) < 4.78 is 5.20. The second-order valence-electron chi connectivity index (χ2n) is 5.63. The maximum atomic E-state index is 12.1. The van der Waals surface area contributed by atoms with E-state index in [1.165, 1.54) is 0 Å². The van der Waals surface area contributed by atoms with Gasteiger partial charge in [0, 0.05) is 39.0 Å². The van der Waals surface area contributed by atoms with Gasteiger partial charge >= 0.3 is 0 Å². The van der Waals surface area contributed by atoms with E-state index in [0.29, 0.717) is 50.6 Å². The van der Waals surface area contributed by atoms with E-state index in [0.717, 1.165) is 0 Å². The zero-order valence-corrected chi connectivity index (χ0v) is 15.3. The summed E-state index contributed by atoms with van der Waals surface area (Å²) in [5, 5.41) is 5.37. The molecule has 0 spiro atoms. The van der Waals surface area contributed by atoms with Crippen molar-refractivity contribution >= 4 is 35.8 Å². The fourth-order valence-corrected chi connectivity index (χ4v) is 2.48. The standard InChI is InChI=1S/C17H24N4O4.ClH/c18-7-8-19-17(24)13-3-1-2-4-14(13)20-15(22)5-6-16(23)21-9-11-25-12-10-21;/h1-4H,5-12,18H2,(H,19,24)(H,20,22);1H. The summed E-state index contributed by atoms with van der Waals surface area (Å²) in [5.74, 6) is -0.668. The minimum atomic E-state index is -0.305. The minimum Gasteiger partial charge on any atom is -0.378 e. The van der Waals surface area contributed by atoms with Gasteiger partial charge in [0.1, 0.15) is 0 Å². The lowest BCUT2D eigenvalue weighted by molar-refractivity contribution is -0.136. The van der Waals surface area contributed by atoms with Crippen LogP contribution in [0.15, 0.2) is 24.3 Å². The number of hydrogen-bond donors (Lipinski definition) is 3. The van der Waals surface area contributed by atoms with Gasteiger partial charge in [0.2, 0.25) is 11.8 Å². The van der Waals surface area contributed by atoms with Gasteiger partial charge in [0.15, 0.2) is 0 Å². The number of hydrogen-bond acceptors (Lipinski definition) is 5. The molecule has 1 fully saturated rings. The molecule has 0 aliphatic carbocycles. The van der Waals surface area contributed by atoms with E-state index in [-0.39, 0.29) is 43.0 Å². The molecular formula is C17H25ClN4O4. The van der Waals surface area contributed by atoms with E-state index in [2.05, 4.69) is 10.6 Å². The molecule has 0 radical (unpaired) electrons. The van der Waals surface area contributed by atoms with Crippen LogP contribution in [-0.2, 0) is 14.3 Å². The van der Waals surface area contributed by atoms with Crippen molar-refractivity contribution in [2.45, 2.75) is 12.8 Å². The SMILES string of the molecule is Cl.NCCNC(=O)c1ccccc1NC(=O)CCC(=O)N1CCOCC1. The van der Waals surface area contributed by atoms with Gasteiger partial charge in [-0.25, -0.2) is 0 Å². The molecule has 1 aliphatic heterocycles. The number of anilines is 1. The number of carbonyl (C=O) groups excluding carboxylic acids is 3. The van der Waals surface area contributed by atoms with Crippen molar-refractivity contribution in [1.29, 1.82) is 0 Å². The number of nitrogens with two attached hydrogens (primary N) is 1. The molecule has 1 saturated heterocycles. The van der Waals surface area contributed by atoms with Gasteiger partial charge < -0.3 is 26.0 Å². The summed E-state index contributed by atoms with van der Waals surface area (Å²) >= 11 is 0. The Morgan fingerprint density at radius 3 is 2.50 bits per heavy atom. The minimum absolute atomic E-state index is 0. The van der Waals surface area contributed by atoms with Crippen LogP contribution in [0.2, 0.25) is 0 Å². The summed E-state index contributed by atoms with van der Waals surface area (Å²) in [6.07, 6.45) is 0.197. The maximum Gasteiger partial charge on any atom is 0.253 e. The molecule has 0 bridgehead atoms. The second kappa shape index (κ2) is 11.5. The summed E-state index contributed by atoms with van der Waals surface area (Å²) in [4.78, 5) is 38.0. The molecule has 9 heteroatoms. The third kappa shape index (κ3) is 6.62. The highest BCUT2D eigenvalue weighted by Gasteiger charge is 2.18. The van der Waals surface area contributed by atoms with Crippen molar-refractivity contribution in [3.05, 3.63) is 29.8 Å². The number of nitrogens with zero attached hydrogens (tertiary/aromatic N) is 1. The first kappa shape index (κ1) is 21.9. The largest absolute Gasteiger partial charge is 0.378 e. The smallest absolute Gasteiger partial charge is 0.253 e.